The molecular formula is C10H5Cl3N2O2. The second kappa shape index (κ2) is 4.56. The number of aromatic nitrogens is 2. The van der Waals surface area contributed by atoms with Crippen LogP contribution in [0.5, 0.6) is 0 Å². The Morgan fingerprint density at radius 2 is 1.82 bits per heavy atom. The molecule has 0 fully saturated rings. The van der Waals surface area contributed by atoms with Crippen molar-refractivity contribution in [2.45, 2.75) is 0 Å². The Balaban J connectivity index is 2.52. The van der Waals surface area contributed by atoms with Gasteiger partial charge in [-0.15, -0.1) is 0 Å². The molecule has 0 saturated carbocycles. The first-order valence-corrected chi connectivity index (χ1v) is 5.55. The first kappa shape index (κ1) is 12.2. The van der Waals surface area contributed by atoms with Crippen LogP contribution >= 0.6 is 34.8 Å². The lowest BCUT2D eigenvalue weighted by Crippen LogP contribution is -1.97. The molecule has 1 heterocycles. The molecule has 7 heteroatoms. The van der Waals surface area contributed by atoms with E-state index in [4.69, 9.17) is 39.9 Å². The number of benzene rings is 1. The zero-order valence-corrected chi connectivity index (χ0v) is 10.5. The standard InChI is InChI=1S/C10H5Cl3N2O2/c11-6-1-8(13)9(2-7(6)12)15-4-5(3-14-15)10(16)17/h1-4H,(H,16,17). The van der Waals surface area contributed by atoms with Gasteiger partial charge in [0.1, 0.15) is 0 Å². The van der Waals surface area contributed by atoms with Crippen molar-refractivity contribution in [3.8, 4) is 5.69 Å². The first-order valence-electron chi connectivity index (χ1n) is 4.42. The average molecular weight is 292 g/mol. The van der Waals surface area contributed by atoms with E-state index in [0.717, 1.165) is 0 Å². The molecular weight excluding hydrogens is 286 g/mol. The van der Waals surface area contributed by atoms with Gasteiger partial charge in [-0.3, -0.25) is 0 Å². The maximum absolute atomic E-state index is 10.7. The van der Waals surface area contributed by atoms with E-state index >= 15 is 0 Å². The molecule has 1 N–H and O–H groups in total. The fourth-order valence-corrected chi connectivity index (χ4v) is 1.88. The van der Waals surface area contributed by atoms with Crippen molar-refractivity contribution in [2.24, 2.45) is 0 Å². The van der Waals surface area contributed by atoms with Crippen LogP contribution < -0.4 is 0 Å². The minimum atomic E-state index is -1.06. The summed E-state index contributed by atoms with van der Waals surface area (Å²) in [6.45, 7) is 0. The molecule has 1 aromatic carbocycles. The quantitative estimate of drug-likeness (QED) is 0.861. The summed E-state index contributed by atoms with van der Waals surface area (Å²) in [5.41, 5.74) is 0.528. The molecule has 0 atom stereocenters. The molecule has 0 radical (unpaired) electrons. The van der Waals surface area contributed by atoms with Gasteiger partial charge in [0.2, 0.25) is 0 Å². The summed E-state index contributed by atoms with van der Waals surface area (Å²) in [5, 5.41) is 13.6. The van der Waals surface area contributed by atoms with Gasteiger partial charge in [0, 0.05) is 6.20 Å². The van der Waals surface area contributed by atoms with Gasteiger partial charge in [0.05, 0.1) is 32.5 Å². The molecule has 0 aliphatic heterocycles. The lowest BCUT2D eigenvalue weighted by Gasteiger charge is -2.05. The Morgan fingerprint density at radius 3 is 2.41 bits per heavy atom. The van der Waals surface area contributed by atoms with Crippen molar-refractivity contribution in [1.29, 1.82) is 0 Å². The van der Waals surface area contributed by atoms with Crippen molar-refractivity contribution < 1.29 is 9.90 Å². The molecule has 0 bridgehead atoms. The van der Waals surface area contributed by atoms with Crippen molar-refractivity contribution in [1.82, 2.24) is 9.78 Å². The number of hydrogen-bond acceptors (Lipinski definition) is 2. The predicted molar refractivity (Wildman–Crippen MR) is 65.6 cm³/mol. The molecule has 0 aliphatic rings. The van der Waals surface area contributed by atoms with E-state index < -0.39 is 5.97 Å². The van der Waals surface area contributed by atoms with Crippen LogP contribution in [0.1, 0.15) is 10.4 Å². The summed E-state index contributed by atoms with van der Waals surface area (Å²) >= 11 is 17.6. The van der Waals surface area contributed by atoms with E-state index in [1.807, 2.05) is 0 Å². The second-order valence-corrected chi connectivity index (χ2v) is 4.42. The molecule has 4 nitrogen and oxygen atoms in total. The fraction of sp³-hybridized carbons (Fsp3) is 0. The number of hydrogen-bond donors (Lipinski definition) is 1. The normalized spacial score (nSPS) is 10.5. The Kier molecular flexibility index (Phi) is 3.28. The van der Waals surface area contributed by atoms with Crippen molar-refractivity contribution >= 4 is 40.8 Å². The van der Waals surface area contributed by atoms with Gasteiger partial charge in [0.15, 0.2) is 0 Å². The Hall–Kier alpha value is -1.23. The fourth-order valence-electron chi connectivity index (χ4n) is 1.25. The van der Waals surface area contributed by atoms with Gasteiger partial charge in [-0.1, -0.05) is 34.8 Å². The van der Waals surface area contributed by atoms with Crippen LogP contribution in [-0.4, -0.2) is 20.9 Å². The van der Waals surface area contributed by atoms with E-state index in [9.17, 15) is 4.79 Å². The summed E-state index contributed by atoms with van der Waals surface area (Å²) < 4.78 is 1.33. The molecule has 1 aromatic heterocycles. The average Bonchev–Trinajstić information content (AvgIpc) is 2.72. The highest BCUT2D eigenvalue weighted by atomic mass is 35.5. The topological polar surface area (TPSA) is 55.1 Å². The minimum Gasteiger partial charge on any atom is -0.478 e. The maximum Gasteiger partial charge on any atom is 0.338 e. The van der Waals surface area contributed by atoms with Crippen LogP contribution in [0.4, 0.5) is 0 Å². The number of carboxylic acids is 1. The van der Waals surface area contributed by atoms with E-state index in [1.165, 1.54) is 29.2 Å². The first-order chi connectivity index (χ1) is 7.99. The molecule has 17 heavy (non-hydrogen) atoms. The molecule has 2 aromatic rings. The molecule has 0 spiro atoms. The molecule has 0 aliphatic carbocycles. The minimum absolute atomic E-state index is 0.0622. The largest absolute Gasteiger partial charge is 0.478 e. The van der Waals surface area contributed by atoms with E-state index in [1.54, 1.807) is 0 Å². The van der Waals surface area contributed by atoms with Crippen LogP contribution in [0.2, 0.25) is 15.1 Å². The van der Waals surface area contributed by atoms with Gasteiger partial charge < -0.3 is 5.11 Å². The summed E-state index contributed by atoms with van der Waals surface area (Å²) in [6, 6.07) is 2.99. The van der Waals surface area contributed by atoms with Crippen LogP contribution in [-0.2, 0) is 0 Å². The molecule has 0 amide bonds. The van der Waals surface area contributed by atoms with Crippen molar-refractivity contribution in [3.63, 3.8) is 0 Å². The summed E-state index contributed by atoms with van der Waals surface area (Å²) in [7, 11) is 0. The van der Waals surface area contributed by atoms with Crippen LogP contribution in [0.15, 0.2) is 24.5 Å². The van der Waals surface area contributed by atoms with Gasteiger partial charge >= 0.3 is 5.97 Å². The summed E-state index contributed by atoms with van der Waals surface area (Å²) in [4.78, 5) is 10.7. The number of carbonyl (C=O) groups is 1. The third-order valence-corrected chi connectivity index (χ3v) is 3.09. The summed E-state index contributed by atoms with van der Waals surface area (Å²) in [5.74, 6) is -1.06. The third kappa shape index (κ3) is 2.39. The van der Waals surface area contributed by atoms with E-state index in [2.05, 4.69) is 5.10 Å². The number of aromatic carboxylic acids is 1. The van der Waals surface area contributed by atoms with Crippen molar-refractivity contribution in [3.05, 3.63) is 45.2 Å². The van der Waals surface area contributed by atoms with Gasteiger partial charge in [-0.25, -0.2) is 9.48 Å². The maximum atomic E-state index is 10.7. The monoisotopic (exact) mass is 290 g/mol. The smallest absolute Gasteiger partial charge is 0.338 e. The Bertz CT molecular complexity index is 595. The number of rotatable bonds is 2. The van der Waals surface area contributed by atoms with E-state index in [0.29, 0.717) is 20.8 Å². The Morgan fingerprint density at radius 1 is 1.18 bits per heavy atom. The molecule has 0 saturated heterocycles. The molecule has 0 unspecified atom stereocenters. The second-order valence-electron chi connectivity index (χ2n) is 3.20. The van der Waals surface area contributed by atoms with Gasteiger partial charge in [-0.05, 0) is 12.1 Å². The predicted octanol–water partition coefficient (Wildman–Crippen LogP) is 3.53. The van der Waals surface area contributed by atoms with Crippen LogP contribution in [0.25, 0.3) is 5.69 Å². The van der Waals surface area contributed by atoms with Gasteiger partial charge in [0.25, 0.3) is 0 Å². The SMILES string of the molecule is O=C(O)c1cnn(-c2cc(Cl)c(Cl)cc2Cl)c1. The highest BCUT2D eigenvalue weighted by Crippen LogP contribution is 2.30. The zero-order chi connectivity index (χ0) is 12.6. The van der Waals surface area contributed by atoms with Crippen LogP contribution in [0.3, 0.4) is 0 Å². The van der Waals surface area contributed by atoms with Gasteiger partial charge in [-0.2, -0.15) is 5.10 Å². The number of halogens is 3. The third-order valence-electron chi connectivity index (χ3n) is 2.07. The van der Waals surface area contributed by atoms with E-state index in [-0.39, 0.29) is 5.56 Å². The molecule has 88 valence electrons. The highest BCUT2D eigenvalue weighted by Gasteiger charge is 2.11. The molecule has 2 rings (SSSR count). The van der Waals surface area contributed by atoms with Crippen molar-refractivity contribution in [2.75, 3.05) is 0 Å². The lowest BCUT2D eigenvalue weighted by molar-refractivity contribution is 0.0697. The summed E-state index contributed by atoms with van der Waals surface area (Å²) in [6.07, 6.45) is 2.56. The Labute approximate surface area is 111 Å². The van der Waals surface area contributed by atoms with Crippen LogP contribution in [0, 0.1) is 0 Å². The number of nitrogens with zero attached hydrogens (tertiary/aromatic N) is 2. The zero-order valence-electron chi connectivity index (χ0n) is 8.19. The lowest BCUT2D eigenvalue weighted by atomic mass is 10.3. The number of carboxylic acid groups (broad SMARTS) is 1. The highest BCUT2D eigenvalue weighted by molar-refractivity contribution is 6.43.